The van der Waals surface area contributed by atoms with Crippen molar-refractivity contribution in [1.29, 1.82) is 0 Å². The van der Waals surface area contributed by atoms with Crippen LogP contribution in [-0.2, 0) is 4.79 Å². The van der Waals surface area contributed by atoms with Gasteiger partial charge in [0, 0.05) is 11.9 Å². The molecule has 0 aliphatic carbocycles. The number of nitrogens with zero attached hydrogens (tertiary/aromatic N) is 2. The highest BCUT2D eigenvalue weighted by molar-refractivity contribution is 6.35. The quantitative estimate of drug-likeness (QED) is 0.925. The average molecular weight is 305 g/mol. The molecule has 2 aromatic rings. The summed E-state index contributed by atoms with van der Waals surface area (Å²) in [5.74, 6) is -1.36. The molecule has 5 nitrogen and oxygen atoms in total. The van der Waals surface area contributed by atoms with Gasteiger partial charge in [0.05, 0.1) is 10.5 Å². The maximum Gasteiger partial charge on any atom is 0.326 e. The summed E-state index contributed by atoms with van der Waals surface area (Å²) < 4.78 is 0. The highest BCUT2D eigenvalue weighted by Crippen LogP contribution is 2.25. The molecule has 1 aromatic heterocycles. The molecule has 1 aromatic carbocycles. The van der Waals surface area contributed by atoms with E-state index in [9.17, 15) is 9.59 Å². The fourth-order valence-electron chi connectivity index (χ4n) is 2.66. The maximum absolute atomic E-state index is 12.5. The van der Waals surface area contributed by atoms with E-state index in [1.807, 2.05) is 18.2 Å². The summed E-state index contributed by atoms with van der Waals surface area (Å²) in [7, 11) is 0. The third-order valence-corrected chi connectivity index (χ3v) is 4.00. The van der Waals surface area contributed by atoms with E-state index in [2.05, 4.69) is 4.98 Å². The Balaban J connectivity index is 2.00. The minimum absolute atomic E-state index is 0.187. The van der Waals surface area contributed by atoms with Gasteiger partial charge in [0.25, 0.3) is 5.91 Å². The summed E-state index contributed by atoms with van der Waals surface area (Å²) in [6.07, 6.45) is 1.16. The number of hydrogen-bond donors (Lipinski definition) is 1. The predicted octanol–water partition coefficient (Wildman–Crippen LogP) is 2.58. The highest BCUT2D eigenvalue weighted by Gasteiger charge is 2.35. The number of carbonyl (C=O) groups is 2. The van der Waals surface area contributed by atoms with Gasteiger partial charge >= 0.3 is 5.97 Å². The van der Waals surface area contributed by atoms with Gasteiger partial charge in [-0.25, -0.2) is 9.78 Å². The minimum atomic E-state index is -0.979. The molecule has 1 fully saturated rings. The van der Waals surface area contributed by atoms with E-state index in [4.69, 9.17) is 16.7 Å². The molecule has 6 heteroatoms. The number of aromatic nitrogens is 1. The van der Waals surface area contributed by atoms with Crippen LogP contribution in [0.4, 0.5) is 0 Å². The second kappa shape index (κ2) is 5.33. The summed E-state index contributed by atoms with van der Waals surface area (Å²) in [4.78, 5) is 29.3. The Morgan fingerprint density at radius 3 is 2.86 bits per heavy atom. The zero-order chi connectivity index (χ0) is 15.0. The fraction of sp³-hybridized carbons (Fsp3) is 0.267. The Hall–Kier alpha value is -2.14. The second-order valence-corrected chi connectivity index (χ2v) is 5.41. The van der Waals surface area contributed by atoms with E-state index in [0.717, 1.165) is 5.39 Å². The molecule has 0 radical (unpaired) electrons. The molecular formula is C15H13ClN2O3. The topological polar surface area (TPSA) is 70.5 Å². The lowest BCUT2D eigenvalue weighted by Crippen LogP contribution is -2.40. The lowest BCUT2D eigenvalue weighted by Gasteiger charge is -2.21. The van der Waals surface area contributed by atoms with Gasteiger partial charge in [-0.1, -0.05) is 29.8 Å². The van der Waals surface area contributed by atoms with Gasteiger partial charge < -0.3 is 10.0 Å². The summed E-state index contributed by atoms with van der Waals surface area (Å²) in [5, 5.41) is 10.4. The van der Waals surface area contributed by atoms with Crippen LogP contribution >= 0.6 is 11.6 Å². The standard InChI is InChI=1S/C15H13ClN2O3/c16-10-8-12(17-11-5-2-1-4-9(10)11)14(19)18-7-3-6-13(18)15(20)21/h1-2,4-5,8,13H,3,6-7H2,(H,20,21)/t13-/m1/s1. The molecule has 0 unspecified atom stereocenters. The molecule has 3 rings (SSSR count). The lowest BCUT2D eigenvalue weighted by molar-refractivity contribution is -0.141. The van der Waals surface area contributed by atoms with Crippen molar-refractivity contribution >= 4 is 34.4 Å². The second-order valence-electron chi connectivity index (χ2n) is 5.00. The van der Waals surface area contributed by atoms with Crippen molar-refractivity contribution in [2.24, 2.45) is 0 Å². The van der Waals surface area contributed by atoms with Gasteiger partial charge in [0.2, 0.25) is 0 Å². The number of carbonyl (C=O) groups excluding carboxylic acids is 1. The van der Waals surface area contributed by atoms with Gasteiger partial charge in [0.15, 0.2) is 0 Å². The maximum atomic E-state index is 12.5. The highest BCUT2D eigenvalue weighted by atomic mass is 35.5. The average Bonchev–Trinajstić information content (AvgIpc) is 2.96. The molecular weight excluding hydrogens is 292 g/mol. The van der Waals surface area contributed by atoms with E-state index in [1.165, 1.54) is 11.0 Å². The van der Waals surface area contributed by atoms with Crippen LogP contribution in [-0.4, -0.2) is 39.5 Å². The van der Waals surface area contributed by atoms with Gasteiger partial charge in [-0.2, -0.15) is 0 Å². The SMILES string of the molecule is O=C(O)[C@H]1CCCN1C(=O)c1cc(Cl)c2ccccc2n1. The van der Waals surface area contributed by atoms with Crippen molar-refractivity contribution in [3.63, 3.8) is 0 Å². The third-order valence-electron chi connectivity index (χ3n) is 3.68. The molecule has 21 heavy (non-hydrogen) atoms. The number of benzene rings is 1. The Kier molecular flexibility index (Phi) is 3.51. The predicted molar refractivity (Wildman–Crippen MR) is 78.4 cm³/mol. The Morgan fingerprint density at radius 2 is 2.10 bits per heavy atom. The normalized spacial score (nSPS) is 18.1. The van der Waals surface area contributed by atoms with Crippen molar-refractivity contribution in [3.05, 3.63) is 41.0 Å². The molecule has 1 N–H and O–H groups in total. The van der Waals surface area contributed by atoms with Crippen molar-refractivity contribution in [1.82, 2.24) is 9.88 Å². The van der Waals surface area contributed by atoms with Crippen molar-refractivity contribution in [2.75, 3.05) is 6.54 Å². The number of hydrogen-bond acceptors (Lipinski definition) is 3. The van der Waals surface area contributed by atoms with Crippen LogP contribution in [0.1, 0.15) is 23.3 Å². The van der Waals surface area contributed by atoms with Crippen LogP contribution in [0.15, 0.2) is 30.3 Å². The van der Waals surface area contributed by atoms with Crippen LogP contribution in [0.3, 0.4) is 0 Å². The largest absolute Gasteiger partial charge is 0.480 e. The molecule has 0 bridgehead atoms. The van der Waals surface area contributed by atoms with Crippen LogP contribution in [0.2, 0.25) is 5.02 Å². The van der Waals surface area contributed by atoms with Crippen molar-refractivity contribution < 1.29 is 14.7 Å². The molecule has 1 aliphatic heterocycles. The number of carboxylic acids is 1. The number of para-hydroxylation sites is 1. The number of rotatable bonds is 2. The number of amides is 1. The summed E-state index contributed by atoms with van der Waals surface area (Å²) >= 11 is 6.18. The Morgan fingerprint density at radius 1 is 1.33 bits per heavy atom. The van der Waals surface area contributed by atoms with E-state index in [1.54, 1.807) is 6.07 Å². The van der Waals surface area contributed by atoms with Crippen LogP contribution in [0, 0.1) is 0 Å². The summed E-state index contributed by atoms with van der Waals surface area (Å²) in [6, 6.07) is 7.99. The monoisotopic (exact) mass is 304 g/mol. The van der Waals surface area contributed by atoms with E-state index in [0.29, 0.717) is 29.9 Å². The summed E-state index contributed by atoms with van der Waals surface area (Å²) in [5.41, 5.74) is 0.811. The van der Waals surface area contributed by atoms with Crippen molar-refractivity contribution in [3.8, 4) is 0 Å². The fourth-order valence-corrected chi connectivity index (χ4v) is 2.92. The van der Waals surface area contributed by atoms with Gasteiger partial charge in [-0.3, -0.25) is 4.79 Å². The first-order chi connectivity index (χ1) is 10.1. The number of fused-ring (bicyclic) bond motifs is 1. The first kappa shape index (κ1) is 13.8. The first-order valence-corrected chi connectivity index (χ1v) is 7.05. The zero-order valence-electron chi connectivity index (χ0n) is 11.1. The van der Waals surface area contributed by atoms with Crippen LogP contribution < -0.4 is 0 Å². The Bertz CT molecular complexity index is 732. The molecule has 1 atom stereocenters. The molecule has 1 saturated heterocycles. The number of pyridine rings is 1. The van der Waals surface area contributed by atoms with Gasteiger partial charge in [-0.05, 0) is 25.0 Å². The van der Waals surface area contributed by atoms with E-state index >= 15 is 0 Å². The summed E-state index contributed by atoms with van der Waals surface area (Å²) in [6.45, 7) is 0.432. The van der Waals surface area contributed by atoms with Gasteiger partial charge in [0.1, 0.15) is 11.7 Å². The molecule has 2 heterocycles. The smallest absolute Gasteiger partial charge is 0.326 e. The van der Waals surface area contributed by atoms with Crippen LogP contribution in [0.5, 0.6) is 0 Å². The van der Waals surface area contributed by atoms with Crippen LogP contribution in [0.25, 0.3) is 10.9 Å². The van der Waals surface area contributed by atoms with Crippen molar-refractivity contribution in [2.45, 2.75) is 18.9 Å². The number of carboxylic acid groups (broad SMARTS) is 1. The zero-order valence-corrected chi connectivity index (χ0v) is 11.9. The first-order valence-electron chi connectivity index (χ1n) is 6.67. The van der Waals surface area contributed by atoms with E-state index < -0.39 is 12.0 Å². The minimum Gasteiger partial charge on any atom is -0.480 e. The van der Waals surface area contributed by atoms with E-state index in [-0.39, 0.29) is 11.6 Å². The Labute approximate surface area is 126 Å². The molecule has 0 saturated carbocycles. The number of likely N-dealkylation sites (tertiary alicyclic amines) is 1. The number of aliphatic carboxylic acids is 1. The number of halogens is 1. The van der Waals surface area contributed by atoms with Gasteiger partial charge in [-0.15, -0.1) is 0 Å². The lowest BCUT2D eigenvalue weighted by atomic mass is 10.2. The third kappa shape index (κ3) is 2.45. The molecule has 1 amide bonds. The molecule has 108 valence electrons. The molecule has 1 aliphatic rings. The molecule has 0 spiro atoms.